The minimum absolute atomic E-state index is 0.00404. The maximum Gasteiger partial charge on any atom is 0.311 e. The molecule has 1 aromatic carbocycles. The zero-order valence-electron chi connectivity index (χ0n) is 41.1. The summed E-state index contributed by atoms with van der Waals surface area (Å²) in [5.41, 5.74) is 6.36. The lowest BCUT2D eigenvalue weighted by Gasteiger charge is -2.37. The van der Waals surface area contributed by atoms with Crippen molar-refractivity contribution in [2.45, 2.75) is 216 Å². The van der Waals surface area contributed by atoms with E-state index in [9.17, 15) is 14.4 Å². The van der Waals surface area contributed by atoms with Crippen LogP contribution in [0.15, 0.2) is 70.9 Å². The van der Waals surface area contributed by atoms with E-state index in [1.54, 1.807) is 0 Å². The standard InChI is InChI=1S/C56H86O6/c1-41(2)21-17-22-42(3)23-18-24-43(4)27-20-35-56(11)37-32-48-40-49(39-46(7)54(48)62-56)60-52(58)28-15-13-12-14-16-29-53(59)61-51-33-36-55(9,10)50(47(51)8)31-30-44(5)25-19-26-45(6)34-38-57/h19,25-26,30-31,34,38-43,51H,12-18,20-24,27-29,32-33,35-37H2,1-11H3/b26-19+,31-30+,44-25+,45-34+/t42-,43-,51?,56-/m0/s1. The number of unbranched alkanes of at least 4 members (excludes halogenated alkanes) is 4. The van der Waals surface area contributed by atoms with Gasteiger partial charge in [0.25, 0.3) is 0 Å². The predicted octanol–water partition coefficient (Wildman–Crippen LogP) is 15.4. The third kappa shape index (κ3) is 19.4. The fourth-order valence-electron chi connectivity index (χ4n) is 9.19. The van der Waals surface area contributed by atoms with Crippen molar-refractivity contribution >= 4 is 18.2 Å². The highest BCUT2D eigenvalue weighted by Crippen LogP contribution is 2.43. The fourth-order valence-corrected chi connectivity index (χ4v) is 9.19. The topological polar surface area (TPSA) is 78.9 Å². The molecule has 3 rings (SSSR count). The van der Waals surface area contributed by atoms with E-state index in [0.29, 0.717) is 18.6 Å². The van der Waals surface area contributed by atoms with Gasteiger partial charge in [-0.1, -0.05) is 142 Å². The molecule has 0 saturated heterocycles. The lowest BCUT2D eigenvalue weighted by molar-refractivity contribution is -0.148. The van der Waals surface area contributed by atoms with Crippen LogP contribution in [0.2, 0.25) is 0 Å². The number of carbonyl (C=O) groups is 3. The normalized spacial score (nSPS) is 20.4. The van der Waals surface area contributed by atoms with E-state index in [1.165, 1.54) is 63.0 Å². The number of hydrogen-bond acceptors (Lipinski definition) is 6. The first-order valence-electron chi connectivity index (χ1n) is 24.5. The Morgan fingerprint density at radius 1 is 0.774 bits per heavy atom. The van der Waals surface area contributed by atoms with Crippen LogP contribution in [0.1, 0.15) is 202 Å². The van der Waals surface area contributed by atoms with Gasteiger partial charge >= 0.3 is 11.9 Å². The molecule has 6 heteroatoms. The molecule has 62 heavy (non-hydrogen) atoms. The molecule has 1 aromatic rings. The molecule has 4 atom stereocenters. The van der Waals surface area contributed by atoms with Crippen molar-refractivity contribution in [2.75, 3.05) is 0 Å². The molecule has 0 bridgehead atoms. The first kappa shape index (κ1) is 52.7. The molecule has 1 aliphatic carbocycles. The molecule has 1 aliphatic heterocycles. The SMILES string of the molecule is CC1=C(/C=C/C(C)=C/C=C/C(C)=C/C=O)C(C)(C)CCC1OC(=O)CCCCCCCC(=O)Oc1cc(C)c2c(c1)CC[C@](C)(CCC[C@@H](C)CCC[C@@H](C)CCCC(C)C)O2. The molecule has 0 saturated carbocycles. The Morgan fingerprint density at radius 3 is 2.05 bits per heavy atom. The minimum atomic E-state index is -0.199. The first-order valence-corrected chi connectivity index (χ1v) is 24.5. The molecular weight excluding hydrogens is 769 g/mol. The van der Waals surface area contributed by atoms with Gasteiger partial charge in [0.2, 0.25) is 0 Å². The predicted molar refractivity (Wildman–Crippen MR) is 259 cm³/mol. The van der Waals surface area contributed by atoms with Crippen LogP contribution in [0, 0.1) is 30.1 Å². The Balaban J connectivity index is 1.33. The van der Waals surface area contributed by atoms with Crippen LogP contribution in [0.25, 0.3) is 0 Å². The molecular formula is C56H86O6. The van der Waals surface area contributed by atoms with Gasteiger partial charge in [0.15, 0.2) is 0 Å². The van der Waals surface area contributed by atoms with E-state index < -0.39 is 0 Å². The fraction of sp³-hybridized carbons (Fsp3) is 0.661. The number of hydrogen-bond donors (Lipinski definition) is 0. The second-order valence-electron chi connectivity index (χ2n) is 20.5. The van der Waals surface area contributed by atoms with Gasteiger partial charge in [-0.3, -0.25) is 14.4 Å². The van der Waals surface area contributed by atoms with Gasteiger partial charge in [0, 0.05) is 12.8 Å². The number of allylic oxidation sites excluding steroid dienone is 9. The highest BCUT2D eigenvalue weighted by atomic mass is 16.5. The summed E-state index contributed by atoms with van der Waals surface area (Å²) in [6, 6.07) is 3.96. The molecule has 1 heterocycles. The number of fused-ring (bicyclic) bond motifs is 1. The smallest absolute Gasteiger partial charge is 0.311 e. The lowest BCUT2D eigenvalue weighted by Crippen LogP contribution is -2.36. The maximum absolute atomic E-state index is 12.9. The molecule has 6 nitrogen and oxygen atoms in total. The second kappa shape index (κ2) is 26.8. The van der Waals surface area contributed by atoms with Gasteiger partial charge in [-0.2, -0.15) is 0 Å². The van der Waals surface area contributed by atoms with E-state index in [0.717, 1.165) is 122 Å². The summed E-state index contributed by atoms with van der Waals surface area (Å²) in [7, 11) is 0. The van der Waals surface area contributed by atoms with Gasteiger partial charge in [-0.25, -0.2) is 0 Å². The zero-order chi connectivity index (χ0) is 45.7. The first-order chi connectivity index (χ1) is 29.4. The van der Waals surface area contributed by atoms with Gasteiger partial charge < -0.3 is 14.2 Å². The van der Waals surface area contributed by atoms with Crippen LogP contribution in [0.5, 0.6) is 11.5 Å². The van der Waals surface area contributed by atoms with Gasteiger partial charge in [-0.15, -0.1) is 0 Å². The van der Waals surface area contributed by atoms with Crippen molar-refractivity contribution in [3.63, 3.8) is 0 Å². The molecule has 0 radical (unpaired) electrons. The second-order valence-corrected chi connectivity index (χ2v) is 20.5. The molecule has 0 aromatic heterocycles. The minimum Gasteiger partial charge on any atom is -0.487 e. The van der Waals surface area contributed by atoms with E-state index >= 15 is 0 Å². The van der Waals surface area contributed by atoms with Crippen LogP contribution in [0.3, 0.4) is 0 Å². The van der Waals surface area contributed by atoms with Crippen LogP contribution in [-0.2, 0) is 25.5 Å². The molecule has 0 N–H and O–H groups in total. The van der Waals surface area contributed by atoms with Crippen LogP contribution < -0.4 is 9.47 Å². The third-order valence-electron chi connectivity index (χ3n) is 13.4. The summed E-state index contributed by atoms with van der Waals surface area (Å²) in [5, 5.41) is 0. The molecule has 1 unspecified atom stereocenters. The van der Waals surface area contributed by atoms with E-state index in [4.69, 9.17) is 14.2 Å². The average Bonchev–Trinajstić information content (AvgIpc) is 3.19. The average molecular weight is 855 g/mol. The van der Waals surface area contributed by atoms with Crippen molar-refractivity contribution in [2.24, 2.45) is 23.2 Å². The van der Waals surface area contributed by atoms with Crippen molar-refractivity contribution in [3.05, 3.63) is 82.0 Å². The molecule has 0 amide bonds. The number of aryl methyl sites for hydroxylation is 2. The number of ether oxygens (including phenoxy) is 3. The van der Waals surface area contributed by atoms with Crippen LogP contribution >= 0.6 is 0 Å². The number of aldehydes is 1. The zero-order valence-corrected chi connectivity index (χ0v) is 41.1. The largest absolute Gasteiger partial charge is 0.487 e. The summed E-state index contributed by atoms with van der Waals surface area (Å²) in [6.07, 6.45) is 32.8. The van der Waals surface area contributed by atoms with Crippen molar-refractivity contribution in [1.29, 1.82) is 0 Å². The van der Waals surface area contributed by atoms with E-state index in [2.05, 4.69) is 81.4 Å². The highest BCUT2D eigenvalue weighted by molar-refractivity contribution is 5.72. The summed E-state index contributed by atoms with van der Waals surface area (Å²) >= 11 is 0. The van der Waals surface area contributed by atoms with Crippen molar-refractivity contribution in [3.8, 4) is 11.5 Å². The van der Waals surface area contributed by atoms with Crippen LogP contribution in [0.4, 0.5) is 0 Å². The summed E-state index contributed by atoms with van der Waals surface area (Å²) < 4.78 is 18.5. The van der Waals surface area contributed by atoms with Crippen molar-refractivity contribution < 1.29 is 28.6 Å². The summed E-state index contributed by atoms with van der Waals surface area (Å²) in [6.45, 7) is 24.4. The van der Waals surface area contributed by atoms with E-state index in [1.807, 2.05) is 37.3 Å². The van der Waals surface area contributed by atoms with Gasteiger partial charge in [0.05, 0.1) is 0 Å². The number of rotatable bonds is 27. The summed E-state index contributed by atoms with van der Waals surface area (Å²) in [5.74, 6) is 3.68. The van der Waals surface area contributed by atoms with Crippen LogP contribution in [-0.4, -0.2) is 29.9 Å². The van der Waals surface area contributed by atoms with Gasteiger partial charge in [0.1, 0.15) is 29.5 Å². The Kier molecular flexibility index (Phi) is 22.8. The molecule has 2 aliphatic rings. The Bertz CT molecular complexity index is 1740. The lowest BCUT2D eigenvalue weighted by atomic mass is 9.71. The maximum atomic E-state index is 12.9. The summed E-state index contributed by atoms with van der Waals surface area (Å²) in [4.78, 5) is 36.3. The number of carbonyl (C=O) groups excluding carboxylic acids is 3. The van der Waals surface area contributed by atoms with Gasteiger partial charge in [-0.05, 0) is 155 Å². The third-order valence-corrected chi connectivity index (χ3v) is 13.4. The number of benzene rings is 1. The monoisotopic (exact) mass is 855 g/mol. The molecule has 0 fully saturated rings. The number of esters is 2. The molecule has 346 valence electrons. The quantitative estimate of drug-likeness (QED) is 0.0219. The van der Waals surface area contributed by atoms with E-state index in [-0.39, 0.29) is 29.1 Å². The molecule has 0 spiro atoms. The highest BCUT2D eigenvalue weighted by Gasteiger charge is 2.34. The van der Waals surface area contributed by atoms with Crippen molar-refractivity contribution in [1.82, 2.24) is 0 Å². The Morgan fingerprint density at radius 2 is 1.39 bits per heavy atom. The Labute approximate surface area is 378 Å². The Hall–Kier alpha value is -3.67.